The van der Waals surface area contributed by atoms with Crippen LogP contribution in [0.2, 0.25) is 0 Å². The molecule has 1 N–H and O–H groups in total. The van der Waals surface area contributed by atoms with E-state index < -0.39 is 0 Å². The van der Waals surface area contributed by atoms with Gasteiger partial charge in [-0.05, 0) is 23.8 Å². The van der Waals surface area contributed by atoms with Crippen LogP contribution in [0.4, 0.5) is 16.6 Å². The molecule has 126 valence electrons. The summed E-state index contributed by atoms with van der Waals surface area (Å²) in [6.45, 7) is 5.00. The summed E-state index contributed by atoms with van der Waals surface area (Å²) in [4.78, 5) is 28.8. The van der Waals surface area contributed by atoms with Gasteiger partial charge in [0.15, 0.2) is 0 Å². The highest BCUT2D eigenvalue weighted by molar-refractivity contribution is 5.88. The lowest BCUT2D eigenvalue weighted by molar-refractivity contribution is -0.0116. The largest absolute Gasteiger partial charge is 0.363 e. The van der Waals surface area contributed by atoms with Crippen molar-refractivity contribution in [1.82, 2.24) is 19.9 Å². The topological polar surface area (TPSA) is 74.2 Å². The fourth-order valence-corrected chi connectivity index (χ4v) is 3.12. The van der Waals surface area contributed by atoms with Gasteiger partial charge in [-0.1, -0.05) is 13.8 Å². The molecule has 1 atom stereocenters. The highest BCUT2D eigenvalue weighted by Gasteiger charge is 2.49. The van der Waals surface area contributed by atoms with Gasteiger partial charge in [0.1, 0.15) is 5.82 Å². The van der Waals surface area contributed by atoms with E-state index >= 15 is 0 Å². The summed E-state index contributed by atoms with van der Waals surface area (Å²) >= 11 is 0. The maximum absolute atomic E-state index is 12.7. The Balaban J connectivity index is 1.77. The van der Waals surface area contributed by atoms with Crippen LogP contribution in [0.3, 0.4) is 0 Å². The third kappa shape index (κ3) is 3.02. The van der Waals surface area contributed by atoms with E-state index in [4.69, 9.17) is 0 Å². The van der Waals surface area contributed by atoms with Crippen molar-refractivity contribution in [1.29, 1.82) is 0 Å². The second-order valence-electron chi connectivity index (χ2n) is 6.86. The molecule has 24 heavy (non-hydrogen) atoms. The zero-order valence-electron chi connectivity index (χ0n) is 14.4. The van der Waals surface area contributed by atoms with Crippen molar-refractivity contribution >= 4 is 17.8 Å². The van der Waals surface area contributed by atoms with Gasteiger partial charge < -0.3 is 9.80 Å². The minimum atomic E-state index is -0.188. The molecule has 1 aliphatic rings. The Bertz CT molecular complexity index is 731. The Labute approximate surface area is 141 Å². The van der Waals surface area contributed by atoms with Crippen molar-refractivity contribution in [3.8, 4) is 0 Å². The van der Waals surface area contributed by atoms with Crippen molar-refractivity contribution in [2.45, 2.75) is 19.9 Å². The molecule has 0 unspecified atom stereocenters. The number of pyridine rings is 1. The fourth-order valence-electron chi connectivity index (χ4n) is 3.12. The van der Waals surface area contributed by atoms with Crippen LogP contribution in [0.25, 0.3) is 0 Å². The predicted molar refractivity (Wildman–Crippen MR) is 92.8 cm³/mol. The Kier molecular flexibility index (Phi) is 4.09. The maximum atomic E-state index is 12.7. The summed E-state index contributed by atoms with van der Waals surface area (Å²) in [5, 5.41) is 2.80. The van der Waals surface area contributed by atoms with Gasteiger partial charge >= 0.3 is 6.03 Å². The number of aromatic nitrogens is 3. The first-order valence-corrected chi connectivity index (χ1v) is 7.86. The molecule has 0 aromatic carbocycles. The van der Waals surface area contributed by atoms with Crippen LogP contribution in [0.5, 0.6) is 0 Å². The molecule has 2 aromatic rings. The maximum Gasteiger partial charge on any atom is 0.324 e. The van der Waals surface area contributed by atoms with Gasteiger partial charge in [-0.3, -0.25) is 10.3 Å². The highest BCUT2D eigenvalue weighted by atomic mass is 16.2. The van der Waals surface area contributed by atoms with Crippen LogP contribution >= 0.6 is 0 Å². The number of rotatable bonds is 3. The van der Waals surface area contributed by atoms with Gasteiger partial charge in [-0.2, -0.15) is 4.98 Å². The second kappa shape index (κ2) is 6.07. The molecule has 1 saturated heterocycles. The van der Waals surface area contributed by atoms with Crippen LogP contribution in [0, 0.1) is 5.41 Å². The van der Waals surface area contributed by atoms with Gasteiger partial charge in [-0.15, -0.1) is 0 Å². The molecule has 0 bridgehead atoms. The normalized spacial score (nSPS) is 18.7. The van der Waals surface area contributed by atoms with Crippen LogP contribution < -0.4 is 10.2 Å². The van der Waals surface area contributed by atoms with Gasteiger partial charge in [0.25, 0.3) is 0 Å². The number of hydrogen-bond acceptors (Lipinski definition) is 5. The number of anilines is 2. The lowest BCUT2D eigenvalue weighted by Crippen LogP contribution is -2.59. The second-order valence-corrected chi connectivity index (χ2v) is 6.86. The van der Waals surface area contributed by atoms with Gasteiger partial charge in [0.05, 0.1) is 6.04 Å². The Hall–Kier alpha value is -2.70. The molecule has 1 fully saturated rings. The van der Waals surface area contributed by atoms with E-state index in [9.17, 15) is 4.79 Å². The molecule has 7 nitrogen and oxygen atoms in total. The number of carbonyl (C=O) groups is 1. The summed E-state index contributed by atoms with van der Waals surface area (Å²) in [6, 6.07) is 5.52. The standard InChI is InChI=1S/C17H22N6O/c1-17(2)11-23(14(17)12-5-8-18-9-6-12)16(24)21-15-19-10-7-13(20-15)22(3)4/h5-10,14H,11H2,1-4H3,(H,19,20,21,24)/t14-/m1/s1. The molecule has 2 aromatic heterocycles. The SMILES string of the molecule is CN(C)c1ccnc(NC(=O)N2CC(C)(C)[C@H]2c2ccncc2)n1. The van der Waals surface area contributed by atoms with Crippen LogP contribution in [0.1, 0.15) is 25.5 Å². The van der Waals surface area contributed by atoms with Crippen molar-refractivity contribution in [3.05, 3.63) is 42.4 Å². The highest BCUT2D eigenvalue weighted by Crippen LogP contribution is 2.48. The summed E-state index contributed by atoms with van der Waals surface area (Å²) in [7, 11) is 3.79. The molecule has 7 heteroatoms. The minimum absolute atomic E-state index is 0.0116. The summed E-state index contributed by atoms with van der Waals surface area (Å²) < 4.78 is 0. The summed E-state index contributed by atoms with van der Waals surface area (Å²) in [5.74, 6) is 1.05. The molecule has 0 saturated carbocycles. The molecule has 3 heterocycles. The van der Waals surface area contributed by atoms with Crippen molar-refractivity contribution in [3.63, 3.8) is 0 Å². The van der Waals surface area contributed by atoms with Crippen molar-refractivity contribution < 1.29 is 4.79 Å². The molecular formula is C17H22N6O. The van der Waals surface area contributed by atoms with Gasteiger partial charge in [-0.25, -0.2) is 9.78 Å². The molecule has 3 rings (SSSR count). The predicted octanol–water partition coefficient (Wildman–Crippen LogP) is 2.55. The first kappa shape index (κ1) is 16.2. The smallest absolute Gasteiger partial charge is 0.324 e. The van der Waals surface area contributed by atoms with E-state index in [1.54, 1.807) is 29.6 Å². The van der Waals surface area contributed by atoms with Crippen LogP contribution in [-0.2, 0) is 0 Å². The number of urea groups is 1. The van der Waals surface area contributed by atoms with E-state index in [1.165, 1.54) is 0 Å². The molecule has 2 amide bonds. The number of nitrogens with zero attached hydrogens (tertiary/aromatic N) is 5. The molecule has 0 spiro atoms. The third-order valence-corrected chi connectivity index (χ3v) is 4.23. The zero-order valence-corrected chi connectivity index (χ0v) is 14.4. The first-order chi connectivity index (χ1) is 11.4. The minimum Gasteiger partial charge on any atom is -0.363 e. The van der Waals surface area contributed by atoms with E-state index in [-0.39, 0.29) is 17.5 Å². The van der Waals surface area contributed by atoms with Crippen LogP contribution in [0.15, 0.2) is 36.8 Å². The van der Waals surface area contributed by atoms with Gasteiger partial charge in [0.2, 0.25) is 5.95 Å². The molecular weight excluding hydrogens is 304 g/mol. The van der Waals surface area contributed by atoms with Crippen molar-refractivity contribution in [2.24, 2.45) is 5.41 Å². The van der Waals surface area contributed by atoms with Gasteiger partial charge in [0, 0.05) is 44.6 Å². The summed E-state index contributed by atoms with van der Waals surface area (Å²) in [6.07, 6.45) is 5.14. The number of carbonyl (C=O) groups excluding carboxylic acids is 1. The van der Waals surface area contributed by atoms with Crippen LogP contribution in [-0.4, -0.2) is 46.5 Å². The van der Waals surface area contributed by atoms with E-state index in [1.807, 2.05) is 31.1 Å². The molecule has 0 radical (unpaired) electrons. The first-order valence-electron chi connectivity index (χ1n) is 7.86. The number of amides is 2. The molecule has 1 aliphatic heterocycles. The number of hydrogen-bond donors (Lipinski definition) is 1. The monoisotopic (exact) mass is 326 g/mol. The Morgan fingerprint density at radius 2 is 1.96 bits per heavy atom. The fraction of sp³-hybridized carbons (Fsp3) is 0.412. The Morgan fingerprint density at radius 1 is 1.25 bits per heavy atom. The lowest BCUT2D eigenvalue weighted by Gasteiger charge is -2.54. The zero-order chi connectivity index (χ0) is 17.3. The third-order valence-electron chi connectivity index (χ3n) is 4.23. The number of nitrogens with one attached hydrogen (secondary N) is 1. The lowest BCUT2D eigenvalue weighted by atomic mass is 9.72. The Morgan fingerprint density at radius 3 is 2.58 bits per heavy atom. The molecule has 0 aliphatic carbocycles. The average molecular weight is 326 g/mol. The van der Waals surface area contributed by atoms with E-state index in [2.05, 4.69) is 34.1 Å². The number of likely N-dealkylation sites (tertiary alicyclic amines) is 1. The van der Waals surface area contributed by atoms with E-state index in [0.29, 0.717) is 12.5 Å². The quantitative estimate of drug-likeness (QED) is 0.938. The van der Waals surface area contributed by atoms with E-state index in [0.717, 1.165) is 11.4 Å². The summed E-state index contributed by atoms with van der Waals surface area (Å²) in [5.41, 5.74) is 1.10. The average Bonchev–Trinajstić information content (AvgIpc) is 2.54. The van der Waals surface area contributed by atoms with Crippen molar-refractivity contribution in [2.75, 3.05) is 30.9 Å².